The molecule has 2 aromatic rings. The van der Waals surface area contributed by atoms with E-state index in [1.807, 2.05) is 32.0 Å². The quantitative estimate of drug-likeness (QED) is 0.703. The lowest BCUT2D eigenvalue weighted by Gasteiger charge is -2.08. The molecule has 2 amide bonds. The lowest BCUT2D eigenvalue weighted by molar-refractivity contribution is -0.138. The average Bonchev–Trinajstić information content (AvgIpc) is 2.95. The van der Waals surface area contributed by atoms with Crippen LogP contribution in [0.4, 0.5) is 10.8 Å². The number of carboxylic acid groups (broad SMARTS) is 1. The predicted molar refractivity (Wildman–Crippen MR) is 95.9 cm³/mol. The van der Waals surface area contributed by atoms with Gasteiger partial charge in [0.15, 0.2) is 5.13 Å². The Balaban J connectivity index is 1.88. The van der Waals surface area contributed by atoms with Crippen molar-refractivity contribution in [1.82, 2.24) is 4.98 Å². The van der Waals surface area contributed by atoms with E-state index in [1.54, 1.807) is 5.38 Å². The van der Waals surface area contributed by atoms with Crippen LogP contribution in [0.5, 0.6) is 0 Å². The van der Waals surface area contributed by atoms with Crippen LogP contribution in [0.2, 0.25) is 0 Å². The number of hydrogen-bond donors (Lipinski definition) is 3. The van der Waals surface area contributed by atoms with Crippen molar-refractivity contribution in [3.63, 3.8) is 0 Å². The van der Waals surface area contributed by atoms with Crippen molar-refractivity contribution in [2.45, 2.75) is 33.1 Å². The summed E-state index contributed by atoms with van der Waals surface area (Å²) in [5, 5.41) is 16.0. The highest BCUT2D eigenvalue weighted by molar-refractivity contribution is 7.13. The molecule has 0 aliphatic rings. The summed E-state index contributed by atoms with van der Waals surface area (Å²) in [4.78, 5) is 38.3. The lowest BCUT2D eigenvalue weighted by atomic mass is 10.1. The largest absolute Gasteiger partial charge is 0.481 e. The Morgan fingerprint density at radius 2 is 1.88 bits per heavy atom. The first-order valence-corrected chi connectivity index (χ1v) is 8.54. The van der Waals surface area contributed by atoms with E-state index in [9.17, 15) is 14.4 Å². The molecule has 25 heavy (non-hydrogen) atoms. The van der Waals surface area contributed by atoms with Gasteiger partial charge in [0.1, 0.15) is 0 Å². The molecule has 0 saturated carbocycles. The van der Waals surface area contributed by atoms with Gasteiger partial charge in [-0.2, -0.15) is 0 Å². The second-order valence-corrected chi connectivity index (χ2v) is 6.49. The minimum Gasteiger partial charge on any atom is -0.481 e. The molecule has 0 atom stereocenters. The molecule has 2 rings (SSSR count). The maximum atomic E-state index is 12.1. The molecule has 1 aromatic heterocycles. The van der Waals surface area contributed by atoms with Crippen LogP contribution in [0.1, 0.15) is 29.7 Å². The first-order chi connectivity index (χ1) is 11.8. The molecule has 0 aliphatic carbocycles. The fourth-order valence-electron chi connectivity index (χ4n) is 2.16. The molecule has 8 heteroatoms. The number of hydrogen-bond acceptors (Lipinski definition) is 5. The summed E-state index contributed by atoms with van der Waals surface area (Å²) >= 11 is 1.20. The van der Waals surface area contributed by atoms with E-state index in [2.05, 4.69) is 15.6 Å². The van der Waals surface area contributed by atoms with Gasteiger partial charge in [-0.1, -0.05) is 17.7 Å². The molecule has 1 heterocycles. The summed E-state index contributed by atoms with van der Waals surface area (Å²) in [5.41, 5.74) is 3.41. The molecular weight excluding hydrogens is 342 g/mol. The molecule has 0 bridgehead atoms. The fourth-order valence-corrected chi connectivity index (χ4v) is 2.89. The minimum atomic E-state index is -1.03. The van der Waals surface area contributed by atoms with Crippen molar-refractivity contribution < 1.29 is 19.5 Å². The van der Waals surface area contributed by atoms with Crippen molar-refractivity contribution in [3.8, 4) is 0 Å². The van der Waals surface area contributed by atoms with E-state index >= 15 is 0 Å². The molecule has 132 valence electrons. The Bertz CT molecular complexity index is 801. The van der Waals surface area contributed by atoms with Crippen molar-refractivity contribution in [3.05, 3.63) is 40.4 Å². The Kier molecular flexibility index (Phi) is 6.24. The predicted octanol–water partition coefficient (Wildman–Crippen LogP) is 2.74. The molecule has 0 fully saturated rings. The fraction of sp³-hybridized carbons (Fsp3) is 0.294. The van der Waals surface area contributed by atoms with Gasteiger partial charge in [-0.05, 0) is 25.5 Å². The van der Waals surface area contributed by atoms with Gasteiger partial charge < -0.3 is 15.7 Å². The maximum Gasteiger partial charge on any atom is 0.303 e. The van der Waals surface area contributed by atoms with Crippen molar-refractivity contribution in [2.75, 3.05) is 10.6 Å². The van der Waals surface area contributed by atoms with Gasteiger partial charge >= 0.3 is 5.97 Å². The zero-order valence-corrected chi connectivity index (χ0v) is 14.8. The number of carbonyl (C=O) groups excluding carboxylic acids is 2. The number of rotatable bonds is 7. The molecule has 0 radical (unpaired) electrons. The summed E-state index contributed by atoms with van der Waals surface area (Å²) < 4.78 is 0. The Labute approximate surface area is 149 Å². The third kappa shape index (κ3) is 6.00. The first-order valence-electron chi connectivity index (χ1n) is 7.66. The molecule has 1 aromatic carbocycles. The third-order valence-electron chi connectivity index (χ3n) is 3.36. The molecule has 0 saturated heterocycles. The number of carbonyl (C=O) groups is 3. The normalized spacial score (nSPS) is 10.3. The van der Waals surface area contributed by atoms with Crippen LogP contribution in [0.3, 0.4) is 0 Å². The monoisotopic (exact) mass is 361 g/mol. The summed E-state index contributed by atoms with van der Waals surface area (Å²) in [6.45, 7) is 3.91. The smallest absolute Gasteiger partial charge is 0.303 e. The van der Waals surface area contributed by atoms with Crippen molar-refractivity contribution >= 4 is 39.9 Å². The second-order valence-electron chi connectivity index (χ2n) is 5.63. The summed E-state index contributed by atoms with van der Waals surface area (Å²) in [5.74, 6) is -1.64. The van der Waals surface area contributed by atoms with E-state index in [0.717, 1.165) is 16.8 Å². The highest BCUT2D eigenvalue weighted by atomic mass is 32.1. The van der Waals surface area contributed by atoms with E-state index < -0.39 is 11.9 Å². The van der Waals surface area contributed by atoms with E-state index in [0.29, 0.717) is 10.8 Å². The topological polar surface area (TPSA) is 108 Å². The number of anilines is 2. The van der Waals surface area contributed by atoms with Crippen LogP contribution >= 0.6 is 11.3 Å². The van der Waals surface area contributed by atoms with Gasteiger partial charge in [0.05, 0.1) is 18.5 Å². The van der Waals surface area contributed by atoms with E-state index in [4.69, 9.17) is 5.11 Å². The number of aromatic nitrogens is 1. The summed E-state index contributed by atoms with van der Waals surface area (Å²) in [6, 6.07) is 5.77. The average molecular weight is 361 g/mol. The standard InChI is InChI=1S/C17H19N3O4S/c1-10-3-4-13(11(2)7-10)19-15(22)8-12-9-25-17(18-12)20-14(21)5-6-16(23)24/h3-4,7,9H,5-6,8H2,1-2H3,(H,19,22)(H,23,24)(H,18,20,21). The molecule has 0 aliphatic heterocycles. The lowest BCUT2D eigenvalue weighted by Crippen LogP contribution is -2.16. The molecule has 0 unspecified atom stereocenters. The number of thiazole rings is 1. The molecule has 3 N–H and O–H groups in total. The van der Waals surface area contributed by atoms with Crippen LogP contribution in [-0.2, 0) is 20.8 Å². The van der Waals surface area contributed by atoms with Crippen LogP contribution in [0.15, 0.2) is 23.6 Å². The SMILES string of the molecule is Cc1ccc(NC(=O)Cc2csc(NC(=O)CCC(=O)O)n2)c(C)c1. The number of aliphatic carboxylic acids is 1. The van der Waals surface area contributed by atoms with Crippen LogP contribution < -0.4 is 10.6 Å². The van der Waals surface area contributed by atoms with E-state index in [-0.39, 0.29) is 25.2 Å². The van der Waals surface area contributed by atoms with Gasteiger partial charge in [0.25, 0.3) is 0 Å². The van der Waals surface area contributed by atoms with Crippen LogP contribution in [-0.4, -0.2) is 27.9 Å². The summed E-state index contributed by atoms with van der Waals surface area (Å²) in [6.07, 6.45) is -0.255. The molecular formula is C17H19N3O4S. The molecule has 7 nitrogen and oxygen atoms in total. The first kappa shape index (κ1) is 18.6. The Morgan fingerprint density at radius 3 is 2.56 bits per heavy atom. The van der Waals surface area contributed by atoms with Gasteiger partial charge in [0.2, 0.25) is 11.8 Å². The van der Waals surface area contributed by atoms with Gasteiger partial charge in [-0.15, -0.1) is 11.3 Å². The third-order valence-corrected chi connectivity index (χ3v) is 4.17. The highest BCUT2D eigenvalue weighted by Gasteiger charge is 2.12. The minimum absolute atomic E-state index is 0.0921. The number of nitrogens with zero attached hydrogens (tertiary/aromatic N) is 1. The van der Waals surface area contributed by atoms with Crippen LogP contribution in [0.25, 0.3) is 0 Å². The Hall–Kier alpha value is -2.74. The number of benzene rings is 1. The van der Waals surface area contributed by atoms with Crippen molar-refractivity contribution in [1.29, 1.82) is 0 Å². The molecule has 0 spiro atoms. The van der Waals surface area contributed by atoms with Gasteiger partial charge in [0, 0.05) is 17.5 Å². The summed E-state index contributed by atoms with van der Waals surface area (Å²) in [7, 11) is 0. The van der Waals surface area contributed by atoms with Crippen molar-refractivity contribution in [2.24, 2.45) is 0 Å². The number of carboxylic acids is 1. The van der Waals surface area contributed by atoms with Gasteiger partial charge in [-0.3, -0.25) is 14.4 Å². The van der Waals surface area contributed by atoms with Crippen LogP contribution in [0, 0.1) is 13.8 Å². The Morgan fingerprint density at radius 1 is 1.12 bits per heavy atom. The number of aryl methyl sites for hydroxylation is 2. The van der Waals surface area contributed by atoms with E-state index in [1.165, 1.54) is 11.3 Å². The number of amides is 2. The second kappa shape index (κ2) is 8.39. The zero-order chi connectivity index (χ0) is 18.4. The maximum absolute atomic E-state index is 12.1. The zero-order valence-electron chi connectivity index (χ0n) is 14.0. The number of nitrogens with one attached hydrogen (secondary N) is 2. The highest BCUT2D eigenvalue weighted by Crippen LogP contribution is 2.19. The van der Waals surface area contributed by atoms with Gasteiger partial charge in [-0.25, -0.2) is 4.98 Å².